The van der Waals surface area contributed by atoms with E-state index in [9.17, 15) is 18.4 Å². The number of carbonyl (C=O) groups is 2. The van der Waals surface area contributed by atoms with Crippen LogP contribution in [0.15, 0.2) is 24.3 Å². The number of carbonyl (C=O) groups excluding carboxylic acids is 2. The molecule has 2 saturated heterocycles. The number of halogens is 3. The molecule has 2 unspecified atom stereocenters. The van der Waals surface area contributed by atoms with Gasteiger partial charge >= 0.3 is 6.61 Å². The summed E-state index contributed by atoms with van der Waals surface area (Å²) in [6.07, 6.45) is 2.36. The lowest BCUT2D eigenvalue weighted by Gasteiger charge is -2.35. The number of para-hydroxylation sites is 1. The number of nitrogens with zero attached hydrogens (tertiary/aromatic N) is 2. The molecule has 2 aliphatic rings. The highest BCUT2D eigenvalue weighted by Gasteiger charge is 2.34. The second kappa shape index (κ2) is 10.0. The molecule has 2 amide bonds. The first-order chi connectivity index (χ1) is 13.0. The lowest BCUT2D eigenvalue weighted by Crippen LogP contribution is -2.48. The van der Waals surface area contributed by atoms with Crippen molar-refractivity contribution in [3.05, 3.63) is 29.8 Å². The normalized spacial score (nSPS) is 21.9. The minimum Gasteiger partial charge on any atom is -0.434 e. The number of piperidine rings is 1. The van der Waals surface area contributed by atoms with Gasteiger partial charge in [-0.3, -0.25) is 9.59 Å². The van der Waals surface area contributed by atoms with Gasteiger partial charge in [0.05, 0.1) is 11.5 Å². The van der Waals surface area contributed by atoms with E-state index in [0.717, 1.165) is 25.9 Å². The molecule has 3 rings (SSSR count). The molecule has 2 atom stereocenters. The van der Waals surface area contributed by atoms with Crippen LogP contribution >= 0.6 is 12.4 Å². The zero-order valence-corrected chi connectivity index (χ0v) is 16.6. The average Bonchev–Trinajstić information content (AvgIpc) is 3.21. The Labute approximate surface area is 169 Å². The molecule has 1 aromatic rings. The molecule has 2 fully saturated rings. The third kappa shape index (κ3) is 5.11. The third-order valence-corrected chi connectivity index (χ3v) is 5.32. The van der Waals surface area contributed by atoms with Crippen LogP contribution in [0.4, 0.5) is 8.78 Å². The summed E-state index contributed by atoms with van der Waals surface area (Å²) in [4.78, 5) is 29.1. The quantitative estimate of drug-likeness (QED) is 0.799. The molecule has 0 aliphatic carbocycles. The zero-order chi connectivity index (χ0) is 19.4. The molecular formula is C19H26ClF2N3O3. The van der Waals surface area contributed by atoms with Crippen molar-refractivity contribution in [1.82, 2.24) is 15.1 Å². The molecule has 0 aromatic heterocycles. The van der Waals surface area contributed by atoms with Crippen LogP contribution in [0.25, 0.3) is 0 Å². The molecule has 9 heteroatoms. The van der Waals surface area contributed by atoms with Crippen molar-refractivity contribution in [3.8, 4) is 5.75 Å². The van der Waals surface area contributed by atoms with E-state index < -0.39 is 6.61 Å². The van der Waals surface area contributed by atoms with E-state index >= 15 is 0 Å². The number of ether oxygens (including phenoxy) is 1. The van der Waals surface area contributed by atoms with Crippen LogP contribution in [0, 0.1) is 5.92 Å². The van der Waals surface area contributed by atoms with Crippen molar-refractivity contribution in [2.75, 3.05) is 33.2 Å². The van der Waals surface area contributed by atoms with Crippen molar-refractivity contribution < 1.29 is 23.1 Å². The van der Waals surface area contributed by atoms with Gasteiger partial charge in [-0.25, -0.2) is 0 Å². The highest BCUT2D eigenvalue weighted by Crippen LogP contribution is 2.26. The Balaban J connectivity index is 0.00000280. The van der Waals surface area contributed by atoms with Gasteiger partial charge in [-0.2, -0.15) is 8.78 Å². The minimum atomic E-state index is -3.00. The van der Waals surface area contributed by atoms with Crippen LogP contribution in [-0.2, 0) is 4.79 Å². The Bertz CT molecular complexity index is 686. The van der Waals surface area contributed by atoms with Gasteiger partial charge in [-0.05, 0) is 37.9 Å². The smallest absolute Gasteiger partial charge is 0.387 e. The fraction of sp³-hybridized carbons (Fsp3) is 0.579. The van der Waals surface area contributed by atoms with Gasteiger partial charge in [0.1, 0.15) is 5.75 Å². The number of likely N-dealkylation sites (N-methyl/N-ethyl adjacent to an activating group) is 1. The summed E-state index contributed by atoms with van der Waals surface area (Å²) >= 11 is 0. The van der Waals surface area contributed by atoms with Crippen molar-refractivity contribution >= 4 is 24.2 Å². The number of amides is 2. The van der Waals surface area contributed by atoms with Gasteiger partial charge in [0.25, 0.3) is 5.91 Å². The van der Waals surface area contributed by atoms with E-state index in [2.05, 4.69) is 10.1 Å². The number of benzene rings is 1. The molecule has 0 radical (unpaired) electrons. The maximum Gasteiger partial charge on any atom is 0.387 e. The van der Waals surface area contributed by atoms with E-state index in [1.54, 1.807) is 21.9 Å². The van der Waals surface area contributed by atoms with Gasteiger partial charge < -0.3 is 19.9 Å². The number of likely N-dealkylation sites (tertiary alicyclic amines) is 1. The topological polar surface area (TPSA) is 61.9 Å². The van der Waals surface area contributed by atoms with Crippen LogP contribution in [-0.4, -0.2) is 67.5 Å². The molecule has 2 heterocycles. The molecule has 1 N–H and O–H groups in total. The molecule has 0 saturated carbocycles. The first-order valence-corrected chi connectivity index (χ1v) is 9.28. The Morgan fingerprint density at radius 2 is 2.04 bits per heavy atom. The van der Waals surface area contributed by atoms with Crippen molar-refractivity contribution in [2.24, 2.45) is 5.92 Å². The maximum absolute atomic E-state index is 12.9. The van der Waals surface area contributed by atoms with Crippen molar-refractivity contribution in [3.63, 3.8) is 0 Å². The minimum absolute atomic E-state index is 0. The van der Waals surface area contributed by atoms with Gasteiger partial charge in [-0.1, -0.05) is 12.1 Å². The van der Waals surface area contributed by atoms with Gasteiger partial charge in [0.2, 0.25) is 5.91 Å². The Hall–Kier alpha value is -1.93. The monoisotopic (exact) mass is 417 g/mol. The maximum atomic E-state index is 12.9. The standard InChI is InChI=1S/C19H25F2N3O3.ClH/c1-23(14-8-9-22-11-14)17(25)13-5-4-10-24(12-13)18(26)15-6-2-3-7-16(15)27-19(20)21;/h2-3,6-7,13-14,19,22H,4-5,8-12H2,1H3;1H. The molecule has 2 aliphatic heterocycles. The predicted molar refractivity (Wildman–Crippen MR) is 103 cm³/mol. The second-order valence-corrected chi connectivity index (χ2v) is 7.06. The van der Waals surface area contributed by atoms with Crippen LogP contribution in [0.3, 0.4) is 0 Å². The van der Waals surface area contributed by atoms with E-state index in [-0.39, 0.29) is 47.5 Å². The average molecular weight is 418 g/mol. The van der Waals surface area contributed by atoms with E-state index in [0.29, 0.717) is 19.5 Å². The summed E-state index contributed by atoms with van der Waals surface area (Å²) in [7, 11) is 1.81. The number of rotatable bonds is 5. The first-order valence-electron chi connectivity index (χ1n) is 9.28. The Morgan fingerprint density at radius 1 is 1.29 bits per heavy atom. The summed E-state index contributed by atoms with van der Waals surface area (Å²) in [5.74, 6) is -0.746. The Morgan fingerprint density at radius 3 is 2.71 bits per heavy atom. The fourth-order valence-electron chi connectivity index (χ4n) is 3.81. The first kappa shape index (κ1) is 22.4. The Kier molecular flexibility index (Phi) is 8.00. The number of hydrogen-bond acceptors (Lipinski definition) is 4. The lowest BCUT2D eigenvalue weighted by atomic mass is 9.95. The number of nitrogens with one attached hydrogen (secondary N) is 1. The van der Waals surface area contributed by atoms with Crippen LogP contribution < -0.4 is 10.1 Å². The lowest BCUT2D eigenvalue weighted by molar-refractivity contribution is -0.137. The van der Waals surface area contributed by atoms with Crippen molar-refractivity contribution in [1.29, 1.82) is 0 Å². The molecule has 0 bridgehead atoms. The molecule has 28 heavy (non-hydrogen) atoms. The largest absolute Gasteiger partial charge is 0.434 e. The van der Waals surface area contributed by atoms with Crippen molar-refractivity contribution in [2.45, 2.75) is 31.9 Å². The van der Waals surface area contributed by atoms with E-state index in [1.807, 2.05) is 7.05 Å². The summed E-state index contributed by atoms with van der Waals surface area (Å²) in [5.41, 5.74) is 0.0965. The van der Waals surface area contributed by atoms with Crippen LogP contribution in [0.2, 0.25) is 0 Å². The SMILES string of the molecule is CN(C(=O)C1CCCN(C(=O)c2ccccc2OC(F)F)C1)C1CCNC1.Cl. The number of hydrogen-bond donors (Lipinski definition) is 1. The molecule has 156 valence electrons. The van der Waals surface area contributed by atoms with E-state index in [1.165, 1.54) is 12.1 Å². The fourth-order valence-corrected chi connectivity index (χ4v) is 3.81. The van der Waals surface area contributed by atoms with Crippen LogP contribution in [0.5, 0.6) is 5.75 Å². The number of alkyl halides is 2. The van der Waals surface area contributed by atoms with E-state index in [4.69, 9.17) is 0 Å². The zero-order valence-electron chi connectivity index (χ0n) is 15.8. The highest BCUT2D eigenvalue weighted by atomic mass is 35.5. The van der Waals surface area contributed by atoms with Crippen LogP contribution in [0.1, 0.15) is 29.6 Å². The summed E-state index contributed by atoms with van der Waals surface area (Å²) in [6, 6.07) is 6.17. The predicted octanol–water partition coefficient (Wildman–Crippen LogP) is 2.38. The van der Waals surface area contributed by atoms with Gasteiger partial charge in [0.15, 0.2) is 0 Å². The third-order valence-electron chi connectivity index (χ3n) is 5.32. The van der Waals surface area contributed by atoms with Gasteiger partial charge in [0, 0.05) is 32.7 Å². The summed E-state index contributed by atoms with van der Waals surface area (Å²) in [6.45, 7) is -0.511. The molecular weight excluding hydrogens is 392 g/mol. The molecule has 0 spiro atoms. The molecule has 6 nitrogen and oxygen atoms in total. The second-order valence-electron chi connectivity index (χ2n) is 7.06. The van der Waals surface area contributed by atoms with Gasteiger partial charge in [-0.15, -0.1) is 12.4 Å². The summed E-state index contributed by atoms with van der Waals surface area (Å²) in [5, 5.41) is 3.25. The molecule has 1 aromatic carbocycles. The highest BCUT2D eigenvalue weighted by molar-refractivity contribution is 5.97. The summed E-state index contributed by atoms with van der Waals surface area (Å²) < 4.78 is 29.7.